The number of hydrogen-bond acceptors (Lipinski definition) is 4. The Balaban J connectivity index is 1.65. The van der Waals surface area contributed by atoms with Crippen molar-refractivity contribution in [3.8, 4) is 0 Å². The quantitative estimate of drug-likeness (QED) is 0.312. The monoisotopic (exact) mass is 239 g/mol. The molecule has 6 heteroatoms. The third-order valence-electron chi connectivity index (χ3n) is 3.61. The van der Waals surface area contributed by atoms with Gasteiger partial charge in [-0.05, 0) is 31.5 Å². The second-order valence-electron chi connectivity index (χ2n) is 4.70. The molecule has 96 valence electrons. The molecule has 2 rings (SSSR count). The zero-order valence-corrected chi connectivity index (χ0v) is 10.3. The Morgan fingerprint density at radius 3 is 2.88 bits per heavy atom. The first kappa shape index (κ1) is 12.6. The Hall–Kier alpha value is -0.810. The van der Waals surface area contributed by atoms with E-state index in [2.05, 4.69) is 19.8 Å². The largest absolute Gasteiger partial charge is 0.379 e. The van der Waals surface area contributed by atoms with Crippen LogP contribution in [0.3, 0.4) is 0 Å². The van der Waals surface area contributed by atoms with Crippen LogP contribution in [0.4, 0.5) is 0 Å². The predicted molar refractivity (Wildman–Crippen MR) is 65.9 cm³/mol. The summed E-state index contributed by atoms with van der Waals surface area (Å²) in [5.74, 6) is 0. The molecule has 2 aliphatic rings. The molecular weight excluding hydrogens is 218 g/mol. The number of ether oxygens (including phenoxy) is 1. The van der Waals surface area contributed by atoms with Crippen molar-refractivity contribution >= 4 is 0 Å². The zero-order valence-electron chi connectivity index (χ0n) is 10.3. The van der Waals surface area contributed by atoms with Crippen LogP contribution in [-0.2, 0) is 4.74 Å². The molecule has 0 aromatic heterocycles. The molecule has 0 saturated carbocycles. The van der Waals surface area contributed by atoms with E-state index in [9.17, 15) is 0 Å². The van der Waals surface area contributed by atoms with Gasteiger partial charge < -0.3 is 9.64 Å². The van der Waals surface area contributed by atoms with Gasteiger partial charge in [-0.1, -0.05) is 5.11 Å². The van der Waals surface area contributed by atoms with Crippen molar-refractivity contribution in [1.82, 2.24) is 9.80 Å². The van der Waals surface area contributed by atoms with Gasteiger partial charge in [-0.15, -0.1) is 0 Å². The van der Waals surface area contributed by atoms with Crippen molar-refractivity contribution < 1.29 is 4.74 Å². The van der Waals surface area contributed by atoms with E-state index in [1.54, 1.807) is 0 Å². The van der Waals surface area contributed by atoms with Crippen molar-refractivity contribution in [2.24, 2.45) is 5.11 Å². The first-order chi connectivity index (χ1) is 8.40. The van der Waals surface area contributed by atoms with Crippen LogP contribution in [0.15, 0.2) is 5.11 Å². The Kier molecular flexibility index (Phi) is 5.07. The van der Waals surface area contributed by atoms with E-state index in [-0.39, 0.29) is 0 Å². The zero-order chi connectivity index (χ0) is 11.9. The summed E-state index contributed by atoms with van der Waals surface area (Å²) >= 11 is 0. The van der Waals surface area contributed by atoms with Gasteiger partial charge in [0.25, 0.3) is 0 Å². The fourth-order valence-corrected chi connectivity index (χ4v) is 2.67. The minimum Gasteiger partial charge on any atom is -0.379 e. The van der Waals surface area contributed by atoms with E-state index in [0.717, 1.165) is 45.8 Å². The molecule has 2 heterocycles. The molecule has 0 aromatic rings. The molecule has 2 fully saturated rings. The molecule has 0 aromatic carbocycles. The minimum atomic E-state index is 0.620. The molecule has 0 bridgehead atoms. The van der Waals surface area contributed by atoms with Gasteiger partial charge in [0.15, 0.2) is 0 Å². The summed E-state index contributed by atoms with van der Waals surface area (Å²) in [5, 5.41) is 3.57. The Morgan fingerprint density at radius 1 is 1.29 bits per heavy atom. The van der Waals surface area contributed by atoms with Crippen molar-refractivity contribution in [3.05, 3.63) is 10.4 Å². The Bertz CT molecular complexity index is 273. The van der Waals surface area contributed by atoms with Crippen LogP contribution in [0.5, 0.6) is 0 Å². The van der Waals surface area contributed by atoms with E-state index in [1.807, 2.05) is 0 Å². The van der Waals surface area contributed by atoms with Gasteiger partial charge in [-0.2, -0.15) is 0 Å². The average molecular weight is 239 g/mol. The summed E-state index contributed by atoms with van der Waals surface area (Å²) in [7, 11) is 0. The van der Waals surface area contributed by atoms with Gasteiger partial charge >= 0.3 is 0 Å². The number of azide groups is 1. The van der Waals surface area contributed by atoms with Crippen LogP contribution >= 0.6 is 0 Å². The van der Waals surface area contributed by atoms with E-state index in [1.165, 1.54) is 13.0 Å². The summed E-state index contributed by atoms with van der Waals surface area (Å²) in [4.78, 5) is 7.80. The summed E-state index contributed by atoms with van der Waals surface area (Å²) < 4.78 is 5.38. The van der Waals surface area contributed by atoms with Gasteiger partial charge in [0.1, 0.15) is 0 Å². The third-order valence-corrected chi connectivity index (χ3v) is 3.61. The number of hydrogen-bond donors (Lipinski definition) is 0. The molecule has 2 saturated heterocycles. The second-order valence-corrected chi connectivity index (χ2v) is 4.70. The maximum Gasteiger partial charge on any atom is 0.0594 e. The van der Waals surface area contributed by atoms with Gasteiger partial charge in [-0.25, -0.2) is 0 Å². The minimum absolute atomic E-state index is 0.620. The van der Waals surface area contributed by atoms with Crippen LogP contribution in [0.25, 0.3) is 10.4 Å². The fourth-order valence-electron chi connectivity index (χ4n) is 2.67. The topological polar surface area (TPSA) is 64.5 Å². The molecule has 0 amide bonds. The van der Waals surface area contributed by atoms with E-state index in [4.69, 9.17) is 10.3 Å². The smallest absolute Gasteiger partial charge is 0.0594 e. The summed E-state index contributed by atoms with van der Waals surface area (Å²) in [5.41, 5.74) is 8.20. The van der Waals surface area contributed by atoms with Crippen molar-refractivity contribution in [1.29, 1.82) is 0 Å². The first-order valence-electron chi connectivity index (χ1n) is 6.45. The molecule has 0 spiro atoms. The number of morpholine rings is 1. The molecule has 1 unspecified atom stereocenters. The lowest BCUT2D eigenvalue weighted by Gasteiger charge is -2.32. The van der Waals surface area contributed by atoms with Crippen molar-refractivity contribution in [3.63, 3.8) is 0 Å². The van der Waals surface area contributed by atoms with Gasteiger partial charge in [0.05, 0.1) is 13.2 Å². The van der Waals surface area contributed by atoms with Crippen LogP contribution < -0.4 is 0 Å². The molecule has 6 nitrogen and oxygen atoms in total. The van der Waals surface area contributed by atoms with E-state index in [0.29, 0.717) is 12.6 Å². The van der Waals surface area contributed by atoms with Crippen LogP contribution in [-0.4, -0.2) is 68.3 Å². The van der Waals surface area contributed by atoms with Crippen LogP contribution in [0.1, 0.15) is 12.8 Å². The summed E-state index contributed by atoms with van der Waals surface area (Å²) in [6.45, 7) is 7.94. The van der Waals surface area contributed by atoms with Crippen LogP contribution in [0.2, 0.25) is 0 Å². The Morgan fingerprint density at radius 2 is 2.12 bits per heavy atom. The first-order valence-corrected chi connectivity index (χ1v) is 6.45. The summed E-state index contributed by atoms with van der Waals surface area (Å²) in [6.07, 6.45) is 2.24. The second kappa shape index (κ2) is 6.81. The van der Waals surface area contributed by atoms with E-state index >= 15 is 0 Å². The average Bonchev–Trinajstić information content (AvgIpc) is 2.85. The normalized spacial score (nSPS) is 26.9. The highest BCUT2D eigenvalue weighted by Gasteiger charge is 2.27. The number of rotatable bonds is 5. The van der Waals surface area contributed by atoms with Gasteiger partial charge in [0, 0.05) is 37.1 Å². The van der Waals surface area contributed by atoms with Crippen molar-refractivity contribution in [2.75, 3.05) is 52.5 Å². The molecule has 1 atom stereocenters. The molecule has 17 heavy (non-hydrogen) atoms. The van der Waals surface area contributed by atoms with E-state index < -0.39 is 0 Å². The lowest BCUT2D eigenvalue weighted by atomic mass is 10.2. The maximum atomic E-state index is 8.20. The molecule has 2 aliphatic heterocycles. The molecule has 0 radical (unpaired) electrons. The highest BCUT2D eigenvalue weighted by molar-refractivity contribution is 4.84. The van der Waals surface area contributed by atoms with Gasteiger partial charge in [0.2, 0.25) is 0 Å². The fraction of sp³-hybridized carbons (Fsp3) is 1.00. The highest BCUT2D eigenvalue weighted by atomic mass is 16.5. The third kappa shape index (κ3) is 3.85. The Labute approximate surface area is 102 Å². The molecule has 0 aliphatic carbocycles. The molecule has 0 N–H and O–H groups in total. The highest BCUT2D eigenvalue weighted by Crippen LogP contribution is 2.16. The predicted octanol–water partition coefficient (Wildman–Crippen LogP) is 1.09. The number of nitrogens with zero attached hydrogens (tertiary/aromatic N) is 5. The van der Waals surface area contributed by atoms with Crippen LogP contribution in [0, 0.1) is 0 Å². The maximum absolute atomic E-state index is 8.20. The number of likely N-dealkylation sites (tertiary alicyclic amines) is 1. The molecular formula is C11H21N5O. The standard InChI is InChI=1S/C11H21N5O/c12-14-13-3-1-4-15-5-2-11(10-15)16-6-8-17-9-7-16/h11H,1-10H2. The van der Waals surface area contributed by atoms with Gasteiger partial charge in [-0.3, -0.25) is 4.90 Å². The lowest BCUT2D eigenvalue weighted by Crippen LogP contribution is -2.44. The van der Waals surface area contributed by atoms with Crippen molar-refractivity contribution in [2.45, 2.75) is 18.9 Å². The SMILES string of the molecule is [N-]=[N+]=NCCCN1CCC(N2CCOCC2)C1. The lowest BCUT2D eigenvalue weighted by molar-refractivity contribution is 0.0185. The summed E-state index contributed by atoms with van der Waals surface area (Å²) in [6, 6.07) is 0.707.